The molecule has 2 heterocycles. The Morgan fingerprint density at radius 3 is 2.30 bits per heavy atom. The minimum absolute atomic E-state index is 0.0883. The number of carbonyl (C=O) groups excluding carboxylic acids is 2. The van der Waals surface area contributed by atoms with Crippen molar-refractivity contribution in [1.82, 2.24) is 4.90 Å². The molecule has 0 aromatic heterocycles. The van der Waals surface area contributed by atoms with Crippen molar-refractivity contribution in [2.75, 3.05) is 28.3 Å². The largest absolute Gasteiger partial charge is 0.325 e. The zero-order chi connectivity index (χ0) is 21.5. The van der Waals surface area contributed by atoms with Crippen molar-refractivity contribution in [3.05, 3.63) is 59.7 Å². The van der Waals surface area contributed by atoms with Crippen LogP contribution in [0.1, 0.15) is 18.1 Å². The minimum atomic E-state index is -3.28. The highest BCUT2D eigenvalue weighted by Gasteiger charge is 2.54. The van der Waals surface area contributed by atoms with Crippen LogP contribution in [0.2, 0.25) is 0 Å². The van der Waals surface area contributed by atoms with Gasteiger partial charge in [-0.2, -0.15) is 0 Å². The van der Waals surface area contributed by atoms with Crippen molar-refractivity contribution in [2.24, 2.45) is 0 Å². The number of anilines is 2. The van der Waals surface area contributed by atoms with E-state index in [-0.39, 0.29) is 30.0 Å². The number of nitrogens with zero attached hydrogens (tertiary/aromatic N) is 2. The summed E-state index contributed by atoms with van der Waals surface area (Å²) in [6.45, 7) is 3.81. The summed E-state index contributed by atoms with van der Waals surface area (Å²) >= 11 is 0. The van der Waals surface area contributed by atoms with Crippen molar-refractivity contribution in [3.63, 3.8) is 0 Å². The fraction of sp³-hybridized carbons (Fsp3) is 0.364. The minimum Gasteiger partial charge on any atom is -0.325 e. The van der Waals surface area contributed by atoms with Crippen molar-refractivity contribution in [2.45, 2.75) is 32.4 Å². The van der Waals surface area contributed by atoms with E-state index >= 15 is 0 Å². The second-order valence-electron chi connectivity index (χ2n) is 7.93. The Balaban J connectivity index is 1.57. The highest BCUT2D eigenvalue weighted by molar-refractivity contribution is 7.91. The van der Waals surface area contributed by atoms with Gasteiger partial charge in [-0.15, -0.1) is 0 Å². The van der Waals surface area contributed by atoms with Crippen molar-refractivity contribution in [3.8, 4) is 0 Å². The molecule has 2 saturated heterocycles. The lowest BCUT2D eigenvalue weighted by atomic mass is 10.1. The standard InChI is InChI=1S/C22H25N3O4S/c1-3-16-6-10-18(11-7-16)25-20-14-30(28,29)13-19(20)24(22(25)27)12-21(26)23-17-8-4-15(2)5-9-17/h4-11,19-20H,3,12-14H2,1-2H3,(H,23,26). The van der Waals surface area contributed by atoms with Gasteiger partial charge in [0.05, 0.1) is 23.6 Å². The zero-order valence-corrected chi connectivity index (χ0v) is 17.9. The molecule has 2 unspecified atom stereocenters. The third-order valence-corrected chi connectivity index (χ3v) is 7.45. The quantitative estimate of drug-likeness (QED) is 0.743. The fourth-order valence-corrected chi connectivity index (χ4v) is 6.10. The van der Waals surface area contributed by atoms with E-state index < -0.39 is 21.9 Å². The summed E-state index contributed by atoms with van der Waals surface area (Å²) in [6.07, 6.45) is 0.875. The van der Waals surface area contributed by atoms with E-state index in [4.69, 9.17) is 0 Å². The predicted octanol–water partition coefficient (Wildman–Crippen LogP) is 2.60. The van der Waals surface area contributed by atoms with Gasteiger partial charge in [-0.1, -0.05) is 36.8 Å². The van der Waals surface area contributed by atoms with Crippen LogP contribution < -0.4 is 10.2 Å². The second kappa shape index (κ2) is 7.75. The first-order valence-corrected chi connectivity index (χ1v) is 11.9. The highest BCUT2D eigenvalue weighted by atomic mass is 32.2. The Morgan fingerprint density at radius 2 is 1.67 bits per heavy atom. The zero-order valence-electron chi connectivity index (χ0n) is 17.0. The van der Waals surface area contributed by atoms with Crippen LogP contribution in [0.25, 0.3) is 0 Å². The van der Waals surface area contributed by atoms with E-state index in [9.17, 15) is 18.0 Å². The summed E-state index contributed by atoms with van der Waals surface area (Å²) in [5.74, 6) is -0.557. The summed E-state index contributed by atoms with van der Waals surface area (Å²) in [4.78, 5) is 28.7. The molecular formula is C22H25N3O4S. The molecule has 1 N–H and O–H groups in total. The van der Waals surface area contributed by atoms with Crippen LogP contribution in [0.4, 0.5) is 16.2 Å². The highest BCUT2D eigenvalue weighted by Crippen LogP contribution is 2.35. The number of hydrogen-bond donors (Lipinski definition) is 1. The Bertz CT molecular complexity index is 1060. The third-order valence-electron chi connectivity index (χ3n) is 5.75. The number of carbonyl (C=O) groups is 2. The Kier molecular flexibility index (Phi) is 5.27. The van der Waals surface area contributed by atoms with Gasteiger partial charge in [0.2, 0.25) is 5.91 Å². The number of urea groups is 1. The van der Waals surface area contributed by atoms with E-state index in [2.05, 4.69) is 5.32 Å². The Morgan fingerprint density at radius 1 is 1.03 bits per heavy atom. The molecule has 4 rings (SSSR count). The maximum absolute atomic E-state index is 13.2. The lowest BCUT2D eigenvalue weighted by Gasteiger charge is -2.22. The van der Waals surface area contributed by atoms with Crippen LogP contribution in [-0.4, -0.2) is 55.4 Å². The molecular weight excluding hydrogens is 402 g/mol. The molecule has 30 heavy (non-hydrogen) atoms. The number of sulfone groups is 1. The lowest BCUT2D eigenvalue weighted by molar-refractivity contribution is -0.116. The van der Waals surface area contributed by atoms with Gasteiger partial charge < -0.3 is 10.2 Å². The predicted molar refractivity (Wildman–Crippen MR) is 116 cm³/mol. The topological polar surface area (TPSA) is 86.8 Å². The maximum atomic E-state index is 13.2. The fourth-order valence-electron chi connectivity index (χ4n) is 4.15. The number of aryl methyl sites for hydroxylation is 2. The van der Waals surface area contributed by atoms with Gasteiger partial charge in [0.1, 0.15) is 6.54 Å². The van der Waals surface area contributed by atoms with Crippen molar-refractivity contribution >= 4 is 33.2 Å². The average Bonchev–Trinajstić information content (AvgIpc) is 3.14. The summed E-state index contributed by atoms with van der Waals surface area (Å²) in [7, 11) is -3.28. The molecule has 2 aliphatic rings. The molecule has 158 valence electrons. The molecule has 2 aromatic carbocycles. The van der Waals surface area contributed by atoms with Crippen molar-refractivity contribution < 1.29 is 18.0 Å². The number of amides is 3. The molecule has 2 fully saturated rings. The SMILES string of the molecule is CCc1ccc(N2C(=O)N(CC(=O)Nc3ccc(C)cc3)C3CS(=O)(=O)CC32)cc1. The van der Waals surface area contributed by atoms with Gasteiger partial charge in [-0.25, -0.2) is 13.2 Å². The lowest BCUT2D eigenvalue weighted by Crippen LogP contribution is -2.42. The van der Waals surface area contributed by atoms with E-state index in [1.54, 1.807) is 12.1 Å². The van der Waals surface area contributed by atoms with Crippen LogP contribution in [0.15, 0.2) is 48.5 Å². The Hall–Kier alpha value is -2.87. The number of fused-ring (bicyclic) bond motifs is 1. The van der Waals surface area contributed by atoms with Crippen LogP contribution in [0.3, 0.4) is 0 Å². The average molecular weight is 428 g/mol. The van der Waals surface area contributed by atoms with E-state index in [1.165, 1.54) is 9.80 Å². The second-order valence-corrected chi connectivity index (χ2v) is 10.1. The van der Waals surface area contributed by atoms with E-state index in [0.717, 1.165) is 17.5 Å². The van der Waals surface area contributed by atoms with Gasteiger partial charge >= 0.3 is 6.03 Å². The summed E-state index contributed by atoms with van der Waals surface area (Å²) in [6, 6.07) is 13.6. The molecule has 0 aliphatic carbocycles. The molecule has 2 aromatic rings. The molecule has 3 amide bonds. The Labute approximate surface area is 176 Å². The molecule has 2 atom stereocenters. The van der Waals surface area contributed by atoms with Crippen LogP contribution in [0, 0.1) is 6.92 Å². The first-order chi connectivity index (χ1) is 14.3. The van der Waals surface area contributed by atoms with Gasteiger partial charge in [-0.3, -0.25) is 9.69 Å². The van der Waals surface area contributed by atoms with Crippen LogP contribution in [-0.2, 0) is 21.1 Å². The maximum Gasteiger partial charge on any atom is 0.325 e. The third kappa shape index (κ3) is 3.92. The molecule has 8 heteroatoms. The van der Waals surface area contributed by atoms with Gasteiger partial charge in [0, 0.05) is 11.4 Å². The molecule has 0 spiro atoms. The van der Waals surface area contributed by atoms with Crippen LogP contribution in [0.5, 0.6) is 0 Å². The normalized spacial score (nSPS) is 22.3. The first-order valence-electron chi connectivity index (χ1n) is 10.0. The molecule has 0 bridgehead atoms. The van der Waals surface area contributed by atoms with Crippen molar-refractivity contribution in [1.29, 1.82) is 0 Å². The van der Waals surface area contributed by atoms with E-state index in [0.29, 0.717) is 11.4 Å². The molecule has 7 nitrogen and oxygen atoms in total. The number of rotatable bonds is 5. The van der Waals surface area contributed by atoms with Gasteiger partial charge in [0.25, 0.3) is 0 Å². The first kappa shape index (κ1) is 20.4. The van der Waals surface area contributed by atoms with Gasteiger partial charge in [0.15, 0.2) is 9.84 Å². The molecule has 0 saturated carbocycles. The number of nitrogens with one attached hydrogen (secondary N) is 1. The molecule has 0 radical (unpaired) electrons. The number of benzene rings is 2. The van der Waals surface area contributed by atoms with E-state index in [1.807, 2.05) is 50.2 Å². The van der Waals surface area contributed by atoms with Gasteiger partial charge in [-0.05, 0) is 43.2 Å². The number of hydrogen-bond acceptors (Lipinski definition) is 4. The summed E-state index contributed by atoms with van der Waals surface area (Å²) in [5.41, 5.74) is 3.51. The van der Waals surface area contributed by atoms with Crippen LogP contribution >= 0.6 is 0 Å². The summed E-state index contributed by atoms with van der Waals surface area (Å²) in [5, 5.41) is 2.79. The summed E-state index contributed by atoms with van der Waals surface area (Å²) < 4.78 is 24.6. The monoisotopic (exact) mass is 427 g/mol. The molecule has 2 aliphatic heterocycles. The smallest absolute Gasteiger partial charge is 0.325 e.